The molecule has 3 amide bonds. The zero-order valence-electron chi connectivity index (χ0n) is 15.2. The number of carbonyl (C=O) groups is 4. The largest absolute Gasteiger partial charge is 0.480 e. The number of carboxylic acid groups (broad SMARTS) is 1. The van der Waals surface area contributed by atoms with Gasteiger partial charge in [0.25, 0.3) is 0 Å². The summed E-state index contributed by atoms with van der Waals surface area (Å²) >= 11 is 0. The minimum absolute atomic E-state index is 0.186. The number of rotatable bonds is 11. The number of unbranched alkanes of at least 4 members (excludes halogenated alkanes) is 1. The molecule has 8 N–H and O–H groups in total. The standard InChI is InChI=1S/C16H29N5O6/c17-6-2-1-4-10(16(26)27)19-14(24)11(9-22)20-15(25)12-5-3-7-21(12)13(23)8-18/h10-12,22H,1-9,17-18H2,(H,19,24)(H,20,25)(H,26,27). The summed E-state index contributed by atoms with van der Waals surface area (Å²) in [5.41, 5.74) is 10.7. The first kappa shape index (κ1) is 22.8. The number of nitrogens with two attached hydrogens (primary N) is 2. The molecule has 1 saturated heterocycles. The second-order valence-electron chi connectivity index (χ2n) is 6.38. The Balaban J connectivity index is 2.67. The molecule has 0 aromatic heterocycles. The lowest BCUT2D eigenvalue weighted by molar-refractivity contribution is -0.143. The van der Waals surface area contributed by atoms with Gasteiger partial charge in [-0.05, 0) is 38.6 Å². The molecule has 1 heterocycles. The number of carbonyl (C=O) groups excluding carboxylic acids is 3. The minimum atomic E-state index is -1.32. The Morgan fingerprint density at radius 1 is 1.11 bits per heavy atom. The molecule has 0 spiro atoms. The van der Waals surface area contributed by atoms with E-state index in [9.17, 15) is 29.4 Å². The summed E-state index contributed by atoms with van der Waals surface area (Å²) in [6, 6.07) is -3.22. The molecule has 11 heteroatoms. The van der Waals surface area contributed by atoms with E-state index in [4.69, 9.17) is 11.5 Å². The number of amides is 3. The first-order valence-corrected chi connectivity index (χ1v) is 8.99. The molecule has 0 aromatic rings. The lowest BCUT2D eigenvalue weighted by Crippen LogP contribution is -2.56. The van der Waals surface area contributed by atoms with Gasteiger partial charge in [0.2, 0.25) is 17.7 Å². The Morgan fingerprint density at radius 3 is 2.37 bits per heavy atom. The van der Waals surface area contributed by atoms with Crippen molar-refractivity contribution in [3.63, 3.8) is 0 Å². The van der Waals surface area contributed by atoms with Crippen molar-refractivity contribution in [3.05, 3.63) is 0 Å². The third kappa shape index (κ3) is 6.77. The summed E-state index contributed by atoms with van der Waals surface area (Å²) in [7, 11) is 0. The molecular weight excluding hydrogens is 358 g/mol. The zero-order valence-corrected chi connectivity index (χ0v) is 15.2. The second kappa shape index (κ2) is 11.5. The van der Waals surface area contributed by atoms with Gasteiger partial charge in [-0.1, -0.05) is 0 Å². The topological polar surface area (TPSA) is 188 Å². The fraction of sp³-hybridized carbons (Fsp3) is 0.750. The predicted molar refractivity (Wildman–Crippen MR) is 95.3 cm³/mol. The number of aliphatic hydroxyl groups is 1. The third-order valence-electron chi connectivity index (χ3n) is 4.43. The van der Waals surface area contributed by atoms with E-state index in [1.54, 1.807) is 0 Å². The quantitative estimate of drug-likeness (QED) is 0.204. The van der Waals surface area contributed by atoms with Crippen molar-refractivity contribution in [2.75, 3.05) is 26.2 Å². The minimum Gasteiger partial charge on any atom is -0.480 e. The molecule has 0 radical (unpaired) electrons. The number of likely N-dealkylation sites (tertiary alicyclic amines) is 1. The molecule has 0 aromatic carbocycles. The van der Waals surface area contributed by atoms with Gasteiger partial charge in [-0.25, -0.2) is 4.79 Å². The summed E-state index contributed by atoms with van der Waals surface area (Å²) < 4.78 is 0. The molecule has 0 aliphatic carbocycles. The highest BCUT2D eigenvalue weighted by Gasteiger charge is 2.35. The predicted octanol–water partition coefficient (Wildman–Crippen LogP) is -2.89. The first-order valence-electron chi connectivity index (χ1n) is 8.99. The number of carboxylic acids is 1. The summed E-state index contributed by atoms with van der Waals surface area (Å²) in [4.78, 5) is 49.1. The summed E-state index contributed by atoms with van der Waals surface area (Å²) in [6.45, 7) is -0.123. The van der Waals surface area contributed by atoms with E-state index in [1.807, 2.05) is 0 Å². The van der Waals surface area contributed by atoms with E-state index in [0.29, 0.717) is 38.8 Å². The fourth-order valence-electron chi connectivity index (χ4n) is 2.94. The van der Waals surface area contributed by atoms with Crippen molar-refractivity contribution < 1.29 is 29.4 Å². The van der Waals surface area contributed by atoms with Gasteiger partial charge in [-0.3, -0.25) is 14.4 Å². The van der Waals surface area contributed by atoms with Gasteiger partial charge in [0.1, 0.15) is 18.1 Å². The van der Waals surface area contributed by atoms with Crippen LogP contribution in [0.5, 0.6) is 0 Å². The zero-order chi connectivity index (χ0) is 20.4. The number of nitrogens with zero attached hydrogens (tertiary/aromatic N) is 1. The van der Waals surface area contributed by atoms with Crippen LogP contribution in [0.15, 0.2) is 0 Å². The molecule has 1 aliphatic heterocycles. The molecule has 27 heavy (non-hydrogen) atoms. The van der Waals surface area contributed by atoms with Crippen LogP contribution >= 0.6 is 0 Å². The van der Waals surface area contributed by atoms with Crippen LogP contribution in [0.4, 0.5) is 0 Å². The first-order chi connectivity index (χ1) is 12.8. The van der Waals surface area contributed by atoms with E-state index < -0.39 is 42.5 Å². The maximum Gasteiger partial charge on any atom is 0.326 e. The Bertz CT molecular complexity index is 543. The monoisotopic (exact) mass is 387 g/mol. The van der Waals surface area contributed by atoms with Crippen LogP contribution in [0.1, 0.15) is 32.1 Å². The summed E-state index contributed by atoms with van der Waals surface area (Å²) in [5, 5.41) is 23.3. The SMILES string of the molecule is NCCCCC(NC(=O)C(CO)NC(=O)C1CCCN1C(=O)CN)C(=O)O. The number of nitrogens with one attached hydrogen (secondary N) is 2. The lowest BCUT2D eigenvalue weighted by atomic mass is 10.1. The van der Waals surface area contributed by atoms with Crippen LogP contribution in [-0.4, -0.2) is 83.2 Å². The smallest absolute Gasteiger partial charge is 0.326 e. The van der Waals surface area contributed by atoms with Crippen molar-refractivity contribution in [1.29, 1.82) is 0 Å². The van der Waals surface area contributed by atoms with Gasteiger partial charge in [-0.15, -0.1) is 0 Å². The molecular formula is C16H29N5O6. The molecule has 0 saturated carbocycles. The van der Waals surface area contributed by atoms with E-state index in [0.717, 1.165) is 0 Å². The average Bonchev–Trinajstić information content (AvgIpc) is 3.14. The third-order valence-corrected chi connectivity index (χ3v) is 4.43. The maximum atomic E-state index is 12.4. The second-order valence-corrected chi connectivity index (χ2v) is 6.38. The van der Waals surface area contributed by atoms with E-state index in [2.05, 4.69) is 10.6 Å². The number of hydrogen-bond acceptors (Lipinski definition) is 7. The van der Waals surface area contributed by atoms with Gasteiger partial charge in [-0.2, -0.15) is 0 Å². The van der Waals surface area contributed by atoms with E-state index >= 15 is 0 Å². The van der Waals surface area contributed by atoms with E-state index in [1.165, 1.54) is 4.90 Å². The normalized spacial score (nSPS) is 18.6. The van der Waals surface area contributed by atoms with Crippen molar-refractivity contribution in [3.8, 4) is 0 Å². The van der Waals surface area contributed by atoms with Crippen molar-refractivity contribution in [2.45, 2.75) is 50.2 Å². The molecule has 0 bridgehead atoms. The molecule has 3 atom stereocenters. The Labute approximate surface area is 157 Å². The van der Waals surface area contributed by atoms with Gasteiger partial charge in [0, 0.05) is 6.54 Å². The summed E-state index contributed by atoms with van der Waals surface area (Å²) in [5.74, 6) is -2.97. The van der Waals surface area contributed by atoms with Crippen LogP contribution in [0.3, 0.4) is 0 Å². The van der Waals surface area contributed by atoms with Crippen molar-refractivity contribution in [1.82, 2.24) is 15.5 Å². The van der Waals surface area contributed by atoms with Gasteiger partial charge in [0.05, 0.1) is 13.2 Å². The number of hydrogen-bond donors (Lipinski definition) is 6. The van der Waals surface area contributed by atoms with Crippen LogP contribution in [-0.2, 0) is 19.2 Å². The molecule has 3 unspecified atom stereocenters. The van der Waals surface area contributed by atoms with Crippen molar-refractivity contribution in [2.24, 2.45) is 11.5 Å². The molecule has 154 valence electrons. The van der Waals surface area contributed by atoms with Crippen LogP contribution in [0.25, 0.3) is 0 Å². The van der Waals surface area contributed by atoms with Gasteiger partial charge >= 0.3 is 5.97 Å². The number of aliphatic hydroxyl groups excluding tert-OH is 1. The van der Waals surface area contributed by atoms with Gasteiger partial charge in [0.15, 0.2) is 0 Å². The molecule has 1 aliphatic rings. The lowest BCUT2D eigenvalue weighted by Gasteiger charge is -2.26. The highest BCUT2D eigenvalue weighted by atomic mass is 16.4. The summed E-state index contributed by atoms with van der Waals surface area (Å²) in [6.07, 6.45) is 2.37. The van der Waals surface area contributed by atoms with Gasteiger partial charge < -0.3 is 37.2 Å². The average molecular weight is 387 g/mol. The highest BCUT2D eigenvalue weighted by molar-refractivity contribution is 5.93. The van der Waals surface area contributed by atoms with Crippen LogP contribution < -0.4 is 22.1 Å². The molecule has 1 rings (SSSR count). The Kier molecular flexibility index (Phi) is 9.68. The Morgan fingerprint density at radius 2 is 1.81 bits per heavy atom. The highest BCUT2D eigenvalue weighted by Crippen LogP contribution is 2.17. The van der Waals surface area contributed by atoms with Crippen LogP contribution in [0, 0.1) is 0 Å². The van der Waals surface area contributed by atoms with Crippen LogP contribution in [0.2, 0.25) is 0 Å². The van der Waals surface area contributed by atoms with E-state index in [-0.39, 0.29) is 18.9 Å². The number of aliphatic carboxylic acids is 1. The maximum absolute atomic E-state index is 12.4. The molecule has 1 fully saturated rings. The Hall–Kier alpha value is -2.24. The molecule has 11 nitrogen and oxygen atoms in total. The van der Waals surface area contributed by atoms with Crippen molar-refractivity contribution >= 4 is 23.7 Å². The fourth-order valence-corrected chi connectivity index (χ4v) is 2.94.